The molecule has 0 unspecified atom stereocenters. The summed E-state index contributed by atoms with van der Waals surface area (Å²) < 4.78 is 2.07. The molecule has 2 nitrogen and oxygen atoms in total. The fourth-order valence-corrected chi connectivity index (χ4v) is 4.93. The van der Waals surface area contributed by atoms with Gasteiger partial charge in [0.25, 0.3) is 0 Å². The summed E-state index contributed by atoms with van der Waals surface area (Å²) in [6, 6.07) is 2.63. The molecule has 0 spiro atoms. The van der Waals surface area contributed by atoms with Gasteiger partial charge in [0.1, 0.15) is 0 Å². The predicted molar refractivity (Wildman–Crippen MR) is 91.7 cm³/mol. The number of hydrogen-bond donors (Lipinski definition) is 1. The van der Waals surface area contributed by atoms with Crippen LogP contribution < -0.4 is 5.32 Å². The number of nitrogens with one attached hydrogen (secondary N) is 1. The first-order valence-electron chi connectivity index (χ1n) is 7.20. The van der Waals surface area contributed by atoms with E-state index in [1.165, 1.54) is 19.3 Å². The monoisotopic (exact) mass is 402 g/mol. The summed E-state index contributed by atoms with van der Waals surface area (Å²) in [6.45, 7) is 10.4. The van der Waals surface area contributed by atoms with Crippen molar-refractivity contribution in [1.29, 1.82) is 0 Å². The van der Waals surface area contributed by atoms with Crippen LogP contribution in [0.2, 0.25) is 0 Å². The van der Waals surface area contributed by atoms with E-state index in [0.29, 0.717) is 16.9 Å². The van der Waals surface area contributed by atoms with Gasteiger partial charge in [-0.2, -0.15) is 0 Å². The quantitative estimate of drug-likeness (QED) is 0.740. The molecule has 1 saturated carbocycles. The molecule has 1 N–H and O–H groups in total. The van der Waals surface area contributed by atoms with Crippen molar-refractivity contribution in [2.75, 3.05) is 0 Å². The smallest absolute Gasteiger partial charge is 0.0684 e. The van der Waals surface area contributed by atoms with Gasteiger partial charge >= 0.3 is 0 Å². The second-order valence-electron chi connectivity index (χ2n) is 7.57. The van der Waals surface area contributed by atoms with E-state index in [-0.39, 0.29) is 0 Å². The number of hydrogen-bond acceptors (Lipinski definition) is 2. The van der Waals surface area contributed by atoms with E-state index >= 15 is 0 Å². The first kappa shape index (κ1) is 16.4. The average molecular weight is 404 g/mol. The molecule has 1 aromatic heterocycles. The zero-order valence-electron chi connectivity index (χ0n) is 12.8. The molecular formula is C16H24Br2N2. The molecule has 0 atom stereocenters. The van der Waals surface area contributed by atoms with Crippen LogP contribution in [-0.2, 0) is 6.54 Å². The van der Waals surface area contributed by atoms with E-state index in [9.17, 15) is 0 Å². The van der Waals surface area contributed by atoms with Crippen molar-refractivity contribution in [3.8, 4) is 0 Å². The molecule has 1 aliphatic carbocycles. The second-order valence-corrected chi connectivity index (χ2v) is 9.34. The summed E-state index contributed by atoms with van der Waals surface area (Å²) in [5.41, 5.74) is 1.92. The summed E-state index contributed by atoms with van der Waals surface area (Å²) in [4.78, 5) is 4.48. The Balaban J connectivity index is 2.00. The predicted octanol–water partition coefficient (Wildman–Crippen LogP) is 5.30. The van der Waals surface area contributed by atoms with E-state index < -0.39 is 0 Å². The van der Waals surface area contributed by atoms with Gasteiger partial charge in [0.15, 0.2) is 0 Å². The summed E-state index contributed by atoms with van der Waals surface area (Å²) >= 11 is 7.03. The van der Waals surface area contributed by atoms with Crippen LogP contribution in [-0.4, -0.2) is 11.0 Å². The number of halogens is 2. The third-order valence-electron chi connectivity index (χ3n) is 4.00. The molecule has 1 aliphatic rings. The van der Waals surface area contributed by atoms with Crippen LogP contribution in [0.3, 0.4) is 0 Å². The maximum Gasteiger partial charge on any atom is 0.0684 e. The van der Waals surface area contributed by atoms with Crippen molar-refractivity contribution >= 4 is 31.9 Å². The van der Waals surface area contributed by atoms with E-state index in [1.54, 1.807) is 0 Å². The maximum absolute atomic E-state index is 4.48. The Hall–Kier alpha value is 0.0700. The highest BCUT2D eigenvalue weighted by Crippen LogP contribution is 2.45. The van der Waals surface area contributed by atoms with Gasteiger partial charge in [-0.15, -0.1) is 0 Å². The zero-order chi connectivity index (χ0) is 15.0. The first-order valence-corrected chi connectivity index (χ1v) is 8.79. The Morgan fingerprint density at radius 1 is 1.20 bits per heavy atom. The Kier molecular flexibility index (Phi) is 4.98. The van der Waals surface area contributed by atoms with Crippen LogP contribution in [0, 0.1) is 10.8 Å². The molecule has 2 rings (SSSR count). The Bertz CT molecular complexity index is 467. The first-order chi connectivity index (χ1) is 9.17. The molecule has 0 amide bonds. The highest BCUT2D eigenvalue weighted by molar-refractivity contribution is 9.11. The fourth-order valence-electron chi connectivity index (χ4n) is 3.80. The number of rotatable bonds is 3. The maximum atomic E-state index is 4.48. The van der Waals surface area contributed by atoms with Crippen molar-refractivity contribution in [2.45, 2.75) is 59.5 Å². The van der Waals surface area contributed by atoms with Gasteiger partial charge in [0.05, 0.1) is 5.69 Å². The Labute approximate surface area is 139 Å². The largest absolute Gasteiger partial charge is 0.308 e. The molecule has 1 heterocycles. The number of nitrogens with zero attached hydrogens (tertiary/aromatic N) is 1. The van der Waals surface area contributed by atoms with Crippen LogP contribution in [0.5, 0.6) is 0 Å². The molecule has 0 saturated heterocycles. The number of aromatic nitrogens is 1. The molecule has 4 heteroatoms. The van der Waals surface area contributed by atoms with Crippen LogP contribution in [0.15, 0.2) is 21.2 Å². The summed E-state index contributed by atoms with van der Waals surface area (Å²) in [5.74, 6) is 0. The lowest BCUT2D eigenvalue weighted by atomic mass is 9.63. The SMILES string of the molecule is CC1(C)CC(NCc2ncc(Br)cc2Br)CC(C)(C)C1. The topological polar surface area (TPSA) is 24.9 Å². The summed E-state index contributed by atoms with van der Waals surface area (Å²) in [7, 11) is 0. The third-order valence-corrected chi connectivity index (χ3v) is 5.12. The van der Waals surface area contributed by atoms with E-state index in [2.05, 4.69) is 75.9 Å². The lowest BCUT2D eigenvalue weighted by molar-refractivity contribution is 0.0843. The highest BCUT2D eigenvalue weighted by Gasteiger charge is 2.38. The van der Waals surface area contributed by atoms with Gasteiger partial charge in [0.2, 0.25) is 0 Å². The zero-order valence-corrected chi connectivity index (χ0v) is 15.9. The molecule has 112 valence electrons. The minimum atomic E-state index is 0.420. The molecule has 0 radical (unpaired) electrons. The van der Waals surface area contributed by atoms with Crippen molar-refractivity contribution in [2.24, 2.45) is 10.8 Å². The molecule has 1 aromatic rings. The molecule has 0 aromatic carbocycles. The molecule has 0 aliphatic heterocycles. The van der Waals surface area contributed by atoms with Crippen molar-refractivity contribution < 1.29 is 0 Å². The van der Waals surface area contributed by atoms with Crippen molar-refractivity contribution in [3.63, 3.8) is 0 Å². The molecule has 1 fully saturated rings. The Morgan fingerprint density at radius 3 is 2.35 bits per heavy atom. The van der Waals surface area contributed by atoms with Gasteiger partial charge in [-0.25, -0.2) is 0 Å². The van der Waals surface area contributed by atoms with Gasteiger partial charge in [-0.05, 0) is 68.0 Å². The molecule has 0 bridgehead atoms. The summed E-state index contributed by atoms with van der Waals surface area (Å²) in [6.07, 6.45) is 5.64. The summed E-state index contributed by atoms with van der Waals surface area (Å²) in [5, 5.41) is 3.70. The Morgan fingerprint density at radius 2 is 1.80 bits per heavy atom. The molecular weight excluding hydrogens is 380 g/mol. The third kappa shape index (κ3) is 4.54. The van der Waals surface area contributed by atoms with E-state index in [0.717, 1.165) is 21.2 Å². The van der Waals surface area contributed by atoms with Crippen molar-refractivity contribution in [3.05, 3.63) is 26.9 Å². The van der Waals surface area contributed by atoms with Gasteiger partial charge in [-0.1, -0.05) is 27.7 Å². The number of pyridine rings is 1. The van der Waals surface area contributed by atoms with Gasteiger partial charge < -0.3 is 5.32 Å². The van der Waals surface area contributed by atoms with Crippen LogP contribution in [0.25, 0.3) is 0 Å². The standard InChI is InChI=1S/C16H24Br2N2/c1-15(2)6-12(7-16(3,4)10-15)19-9-14-13(18)5-11(17)8-20-14/h5,8,12,19H,6-7,9-10H2,1-4H3. The second kappa shape index (κ2) is 6.05. The normalized spacial score (nSPS) is 21.9. The van der Waals surface area contributed by atoms with E-state index in [4.69, 9.17) is 0 Å². The minimum Gasteiger partial charge on any atom is -0.308 e. The van der Waals surface area contributed by atoms with Gasteiger partial charge in [0, 0.05) is 27.7 Å². The van der Waals surface area contributed by atoms with Crippen LogP contribution >= 0.6 is 31.9 Å². The lowest BCUT2D eigenvalue weighted by Gasteiger charge is -2.45. The van der Waals surface area contributed by atoms with Crippen molar-refractivity contribution in [1.82, 2.24) is 10.3 Å². The fraction of sp³-hybridized carbons (Fsp3) is 0.688. The van der Waals surface area contributed by atoms with Crippen LogP contribution in [0.4, 0.5) is 0 Å². The van der Waals surface area contributed by atoms with E-state index in [1.807, 2.05) is 6.20 Å². The minimum absolute atomic E-state index is 0.420. The average Bonchev–Trinajstić information content (AvgIpc) is 2.23. The molecule has 20 heavy (non-hydrogen) atoms. The van der Waals surface area contributed by atoms with Gasteiger partial charge in [-0.3, -0.25) is 4.98 Å². The highest BCUT2D eigenvalue weighted by atomic mass is 79.9. The lowest BCUT2D eigenvalue weighted by Crippen LogP contribution is -2.43. The van der Waals surface area contributed by atoms with Crippen LogP contribution in [0.1, 0.15) is 52.7 Å².